The summed E-state index contributed by atoms with van der Waals surface area (Å²) < 4.78 is 16.0. The summed E-state index contributed by atoms with van der Waals surface area (Å²) in [6, 6.07) is -2.46. The first kappa shape index (κ1) is 23.9. The van der Waals surface area contributed by atoms with Crippen molar-refractivity contribution in [3.63, 3.8) is 0 Å². The highest BCUT2D eigenvalue weighted by Gasteiger charge is 2.48. The van der Waals surface area contributed by atoms with E-state index in [0.29, 0.717) is 0 Å². The van der Waals surface area contributed by atoms with E-state index in [1.54, 1.807) is 0 Å². The van der Waals surface area contributed by atoms with E-state index >= 15 is 0 Å². The van der Waals surface area contributed by atoms with Gasteiger partial charge in [-0.15, -0.1) is 0 Å². The molecule has 2 fully saturated rings. The van der Waals surface area contributed by atoms with Gasteiger partial charge in [0, 0.05) is 13.8 Å². The zero-order chi connectivity index (χ0) is 21.9. The first-order valence-corrected chi connectivity index (χ1v) is 9.04. The molecule has 168 valence electrons. The van der Waals surface area contributed by atoms with Crippen LogP contribution in [0.1, 0.15) is 13.8 Å². The van der Waals surface area contributed by atoms with E-state index in [9.17, 15) is 40.2 Å². The van der Waals surface area contributed by atoms with Crippen molar-refractivity contribution < 1.29 is 54.4 Å². The van der Waals surface area contributed by atoms with E-state index in [-0.39, 0.29) is 0 Å². The summed E-state index contributed by atoms with van der Waals surface area (Å²) in [5.74, 6) is -1.09. The first-order valence-electron chi connectivity index (χ1n) is 9.04. The van der Waals surface area contributed by atoms with Crippen molar-refractivity contribution in [3.05, 3.63) is 0 Å². The molecule has 0 radical (unpaired) electrons. The molecule has 0 aromatic carbocycles. The molecule has 2 aliphatic rings. The van der Waals surface area contributed by atoms with Gasteiger partial charge < -0.3 is 55.5 Å². The maximum absolute atomic E-state index is 11.4. The van der Waals surface area contributed by atoms with Gasteiger partial charge in [0.1, 0.15) is 48.7 Å². The van der Waals surface area contributed by atoms with Crippen LogP contribution in [0.4, 0.5) is 0 Å². The first-order chi connectivity index (χ1) is 13.6. The molecule has 0 bridgehead atoms. The highest BCUT2D eigenvalue weighted by Crippen LogP contribution is 2.25. The fourth-order valence-electron chi connectivity index (χ4n) is 3.28. The number of hydrogen-bond acceptors (Lipinski definition) is 11. The minimum Gasteiger partial charge on any atom is -0.394 e. The molecule has 0 aromatic heterocycles. The van der Waals surface area contributed by atoms with Crippen LogP contribution < -0.4 is 10.6 Å². The number of amides is 2. The van der Waals surface area contributed by atoms with Crippen molar-refractivity contribution in [1.82, 2.24) is 10.6 Å². The third-order valence-corrected chi connectivity index (χ3v) is 4.77. The molecule has 8 N–H and O–H groups in total. The lowest BCUT2D eigenvalue weighted by Crippen LogP contribution is -2.66. The van der Waals surface area contributed by atoms with Crippen LogP contribution in [0.5, 0.6) is 0 Å². The Balaban J connectivity index is 2.05. The van der Waals surface area contributed by atoms with Gasteiger partial charge >= 0.3 is 0 Å². The van der Waals surface area contributed by atoms with E-state index in [1.165, 1.54) is 13.8 Å². The summed E-state index contributed by atoms with van der Waals surface area (Å²) in [4.78, 5) is 22.6. The number of aliphatic hydroxyl groups excluding tert-OH is 6. The zero-order valence-corrected chi connectivity index (χ0v) is 15.9. The summed E-state index contributed by atoms with van der Waals surface area (Å²) in [5, 5.41) is 64.4. The molecule has 2 heterocycles. The Morgan fingerprint density at radius 1 is 0.828 bits per heavy atom. The summed E-state index contributed by atoms with van der Waals surface area (Å²) in [6.07, 6.45) is -11.5. The van der Waals surface area contributed by atoms with Gasteiger partial charge in [0.15, 0.2) is 12.6 Å². The van der Waals surface area contributed by atoms with Crippen LogP contribution in [-0.2, 0) is 23.8 Å². The highest BCUT2D eigenvalue weighted by molar-refractivity contribution is 5.73. The van der Waals surface area contributed by atoms with E-state index in [2.05, 4.69) is 10.6 Å². The maximum Gasteiger partial charge on any atom is 0.217 e. The van der Waals surface area contributed by atoms with Crippen molar-refractivity contribution in [3.8, 4) is 0 Å². The SMILES string of the molecule is CC(=O)N[C@@H]1[C@@H](O)[C@@H](O)[C@@H](CO[C@H]2O[C@H](CO)[C@H](O)[C@H](O)[C@H]2NC(C)=O)O[C@H]1O. The van der Waals surface area contributed by atoms with Gasteiger partial charge in [0.05, 0.1) is 13.2 Å². The zero-order valence-electron chi connectivity index (χ0n) is 15.9. The monoisotopic (exact) mass is 424 g/mol. The third-order valence-electron chi connectivity index (χ3n) is 4.77. The van der Waals surface area contributed by atoms with Crippen LogP contribution in [0.15, 0.2) is 0 Å². The Hall–Kier alpha value is -1.42. The standard InChI is InChI=1S/C16H28N2O11/c1-5(20)17-9-13(24)12(23)8(28-15(9)26)4-27-16-10(18-6(2)21)14(25)11(22)7(3-19)29-16/h7-16,19,22-26H,3-4H2,1-2H3,(H,17,20)(H,18,21)/t7-,8-,9-,10-,11+,12+,13-,14-,15-,16+/m1/s1. The second-order valence-corrected chi connectivity index (χ2v) is 7.04. The molecule has 2 aliphatic heterocycles. The number of rotatable bonds is 6. The topological polar surface area (TPSA) is 207 Å². The highest BCUT2D eigenvalue weighted by atomic mass is 16.7. The van der Waals surface area contributed by atoms with Crippen molar-refractivity contribution in [2.75, 3.05) is 13.2 Å². The molecule has 2 saturated heterocycles. The van der Waals surface area contributed by atoms with Crippen molar-refractivity contribution in [1.29, 1.82) is 0 Å². The number of carbonyl (C=O) groups is 2. The van der Waals surface area contributed by atoms with Gasteiger partial charge in [0.25, 0.3) is 0 Å². The molecule has 13 heteroatoms. The Kier molecular flexibility index (Phi) is 8.28. The lowest BCUT2D eigenvalue weighted by molar-refractivity contribution is -0.297. The molecule has 0 saturated carbocycles. The number of hydrogen-bond donors (Lipinski definition) is 8. The summed E-state index contributed by atoms with van der Waals surface area (Å²) >= 11 is 0. The van der Waals surface area contributed by atoms with Gasteiger partial charge in [-0.25, -0.2) is 0 Å². The Bertz CT molecular complexity index is 579. The molecule has 2 amide bonds. The van der Waals surface area contributed by atoms with E-state index in [0.717, 1.165) is 0 Å². The van der Waals surface area contributed by atoms with Crippen LogP contribution in [0.3, 0.4) is 0 Å². The molecular formula is C16H28N2O11. The minimum atomic E-state index is -1.64. The lowest BCUT2D eigenvalue weighted by Gasteiger charge is -2.44. The molecule has 10 atom stereocenters. The van der Waals surface area contributed by atoms with Gasteiger partial charge in [0.2, 0.25) is 11.8 Å². The second kappa shape index (κ2) is 10.1. The average Bonchev–Trinajstić information content (AvgIpc) is 2.65. The van der Waals surface area contributed by atoms with Crippen LogP contribution in [0, 0.1) is 0 Å². The van der Waals surface area contributed by atoms with E-state index in [4.69, 9.17) is 14.2 Å². The summed E-state index contributed by atoms with van der Waals surface area (Å²) in [7, 11) is 0. The number of carbonyl (C=O) groups excluding carboxylic acids is 2. The fraction of sp³-hybridized carbons (Fsp3) is 0.875. The van der Waals surface area contributed by atoms with Crippen LogP contribution in [0.25, 0.3) is 0 Å². The quantitative estimate of drug-likeness (QED) is 0.202. The largest absolute Gasteiger partial charge is 0.394 e. The molecule has 0 aromatic rings. The molecule has 29 heavy (non-hydrogen) atoms. The molecule has 0 unspecified atom stereocenters. The number of nitrogens with one attached hydrogen (secondary N) is 2. The number of ether oxygens (including phenoxy) is 3. The minimum absolute atomic E-state index is 0.455. The Morgan fingerprint density at radius 3 is 1.90 bits per heavy atom. The van der Waals surface area contributed by atoms with Crippen molar-refractivity contribution in [2.24, 2.45) is 0 Å². The third kappa shape index (κ3) is 5.59. The predicted molar refractivity (Wildman–Crippen MR) is 91.8 cm³/mol. The second-order valence-electron chi connectivity index (χ2n) is 7.04. The van der Waals surface area contributed by atoms with Gasteiger partial charge in [-0.05, 0) is 0 Å². The van der Waals surface area contributed by atoms with Crippen molar-refractivity contribution >= 4 is 11.8 Å². The van der Waals surface area contributed by atoms with Crippen molar-refractivity contribution in [2.45, 2.75) is 75.1 Å². The molecule has 13 nitrogen and oxygen atoms in total. The lowest BCUT2D eigenvalue weighted by atomic mass is 9.96. The van der Waals surface area contributed by atoms with Crippen LogP contribution in [0.2, 0.25) is 0 Å². The fourth-order valence-corrected chi connectivity index (χ4v) is 3.28. The normalized spacial score (nSPS) is 42.9. The Labute approximate surface area is 166 Å². The average molecular weight is 424 g/mol. The summed E-state index contributed by atoms with van der Waals surface area (Å²) in [5.41, 5.74) is 0. The number of aliphatic hydroxyl groups is 6. The Morgan fingerprint density at radius 2 is 1.34 bits per heavy atom. The smallest absolute Gasteiger partial charge is 0.217 e. The van der Waals surface area contributed by atoms with Crippen LogP contribution in [-0.4, -0.2) is 117 Å². The van der Waals surface area contributed by atoms with E-state index < -0.39 is 86.3 Å². The van der Waals surface area contributed by atoms with Gasteiger partial charge in [-0.2, -0.15) is 0 Å². The molecule has 0 spiro atoms. The van der Waals surface area contributed by atoms with E-state index in [1.807, 2.05) is 0 Å². The predicted octanol–water partition coefficient (Wildman–Crippen LogP) is -5.11. The summed E-state index contributed by atoms with van der Waals surface area (Å²) in [6.45, 7) is 1.26. The van der Waals surface area contributed by atoms with Gasteiger partial charge in [-0.3, -0.25) is 9.59 Å². The molecule has 0 aliphatic carbocycles. The molecule has 2 rings (SSSR count). The van der Waals surface area contributed by atoms with Crippen LogP contribution >= 0.6 is 0 Å². The molecular weight excluding hydrogens is 396 g/mol. The van der Waals surface area contributed by atoms with Gasteiger partial charge in [-0.1, -0.05) is 0 Å². The maximum atomic E-state index is 11.4.